The lowest BCUT2D eigenvalue weighted by Crippen LogP contribution is -2.43. The van der Waals surface area contributed by atoms with Gasteiger partial charge in [0.25, 0.3) is 0 Å². The van der Waals surface area contributed by atoms with Gasteiger partial charge in [-0.15, -0.1) is 0 Å². The second kappa shape index (κ2) is 4.90. The summed E-state index contributed by atoms with van der Waals surface area (Å²) in [7, 11) is 0. The average molecular weight is 218 g/mol. The summed E-state index contributed by atoms with van der Waals surface area (Å²) in [6.45, 7) is 3.99. The summed E-state index contributed by atoms with van der Waals surface area (Å²) in [5, 5.41) is 12.0. The average Bonchev–Trinajstić information content (AvgIpc) is 2.32. The van der Waals surface area contributed by atoms with E-state index in [0.717, 1.165) is 19.5 Å². The number of nitrogens with one attached hydrogen (secondary N) is 1. The van der Waals surface area contributed by atoms with Crippen LogP contribution in [0, 0.1) is 17.2 Å². The Morgan fingerprint density at radius 2 is 2.50 bits per heavy atom. The van der Waals surface area contributed by atoms with Crippen LogP contribution >= 0.6 is 0 Å². The highest BCUT2D eigenvalue weighted by Crippen LogP contribution is 2.16. The van der Waals surface area contributed by atoms with E-state index >= 15 is 0 Å². The second-order valence-corrected chi connectivity index (χ2v) is 3.96. The molecule has 1 fully saturated rings. The molecule has 0 radical (unpaired) electrons. The summed E-state index contributed by atoms with van der Waals surface area (Å²) < 4.78 is 5.67. The molecule has 2 heterocycles. The maximum atomic E-state index is 8.71. The number of hydrogen-bond acceptors (Lipinski definition) is 5. The van der Waals surface area contributed by atoms with E-state index in [-0.39, 0.29) is 6.10 Å². The molecule has 0 bridgehead atoms. The molecule has 0 amide bonds. The first kappa shape index (κ1) is 10.8. The van der Waals surface area contributed by atoms with E-state index in [9.17, 15) is 0 Å². The normalized spacial score (nSPS) is 24.8. The Bertz CT molecular complexity index is 401. The van der Waals surface area contributed by atoms with Crippen molar-refractivity contribution in [2.45, 2.75) is 19.4 Å². The van der Waals surface area contributed by atoms with Gasteiger partial charge in [0.1, 0.15) is 17.9 Å². The van der Waals surface area contributed by atoms with E-state index in [1.165, 1.54) is 0 Å². The van der Waals surface area contributed by atoms with Gasteiger partial charge in [-0.3, -0.25) is 0 Å². The molecule has 1 saturated heterocycles. The molecule has 2 rings (SSSR count). The standard InChI is InChI=1S/C11H14N4O/c1-8-2-4-13-7-10(8)16-11-14-5-3-9(6-12)15-11/h3,5,8,10,13H,2,4,7H2,1H3. The van der Waals surface area contributed by atoms with Crippen LogP contribution in [0.1, 0.15) is 19.0 Å². The van der Waals surface area contributed by atoms with Gasteiger partial charge in [0.15, 0.2) is 0 Å². The molecule has 0 aliphatic carbocycles. The van der Waals surface area contributed by atoms with Crippen molar-refractivity contribution in [2.24, 2.45) is 5.92 Å². The zero-order chi connectivity index (χ0) is 11.4. The number of aromatic nitrogens is 2. The summed E-state index contributed by atoms with van der Waals surface area (Å²) in [4.78, 5) is 8.00. The molecular weight excluding hydrogens is 204 g/mol. The van der Waals surface area contributed by atoms with E-state index in [0.29, 0.717) is 17.6 Å². The zero-order valence-electron chi connectivity index (χ0n) is 9.18. The number of nitriles is 1. The molecule has 1 aliphatic heterocycles. The summed E-state index contributed by atoms with van der Waals surface area (Å²) in [6, 6.07) is 3.83. The minimum absolute atomic E-state index is 0.0858. The van der Waals surface area contributed by atoms with Gasteiger partial charge in [0.2, 0.25) is 0 Å². The van der Waals surface area contributed by atoms with Crippen LogP contribution in [0.15, 0.2) is 12.3 Å². The van der Waals surface area contributed by atoms with Gasteiger partial charge in [-0.25, -0.2) is 4.98 Å². The highest BCUT2D eigenvalue weighted by molar-refractivity contribution is 5.19. The van der Waals surface area contributed by atoms with Gasteiger partial charge in [-0.2, -0.15) is 10.2 Å². The predicted molar refractivity (Wildman–Crippen MR) is 57.8 cm³/mol. The fraction of sp³-hybridized carbons (Fsp3) is 0.545. The van der Waals surface area contributed by atoms with Crippen LogP contribution in [0.25, 0.3) is 0 Å². The topological polar surface area (TPSA) is 70.8 Å². The summed E-state index contributed by atoms with van der Waals surface area (Å²) in [5.41, 5.74) is 0.335. The van der Waals surface area contributed by atoms with Crippen LogP contribution in [0.4, 0.5) is 0 Å². The van der Waals surface area contributed by atoms with E-state index in [1.54, 1.807) is 12.3 Å². The quantitative estimate of drug-likeness (QED) is 0.792. The van der Waals surface area contributed by atoms with Gasteiger partial charge in [-0.1, -0.05) is 6.92 Å². The monoisotopic (exact) mass is 218 g/mol. The Morgan fingerprint density at radius 3 is 3.25 bits per heavy atom. The highest BCUT2D eigenvalue weighted by atomic mass is 16.5. The van der Waals surface area contributed by atoms with E-state index in [1.807, 2.05) is 6.07 Å². The van der Waals surface area contributed by atoms with E-state index in [2.05, 4.69) is 22.2 Å². The zero-order valence-corrected chi connectivity index (χ0v) is 9.18. The van der Waals surface area contributed by atoms with Crippen molar-refractivity contribution >= 4 is 0 Å². The molecule has 1 aliphatic rings. The van der Waals surface area contributed by atoms with E-state index < -0.39 is 0 Å². The number of nitrogens with zero attached hydrogens (tertiary/aromatic N) is 3. The lowest BCUT2D eigenvalue weighted by molar-refractivity contribution is 0.104. The molecule has 2 atom stereocenters. The van der Waals surface area contributed by atoms with Crippen molar-refractivity contribution < 1.29 is 4.74 Å². The molecule has 0 aromatic carbocycles. The number of rotatable bonds is 2. The minimum atomic E-state index is 0.0858. The third-order valence-corrected chi connectivity index (χ3v) is 2.76. The van der Waals surface area contributed by atoms with Crippen LogP contribution in [0.3, 0.4) is 0 Å². The molecule has 0 spiro atoms. The summed E-state index contributed by atoms with van der Waals surface area (Å²) >= 11 is 0. The molecule has 16 heavy (non-hydrogen) atoms. The molecule has 1 aromatic rings. The Balaban J connectivity index is 2.05. The first-order chi connectivity index (χ1) is 7.79. The maximum Gasteiger partial charge on any atom is 0.317 e. The minimum Gasteiger partial charge on any atom is -0.458 e. The Hall–Kier alpha value is -1.67. The Kier molecular flexibility index (Phi) is 3.32. The third kappa shape index (κ3) is 2.47. The van der Waals surface area contributed by atoms with Crippen LogP contribution in [0.5, 0.6) is 6.01 Å². The predicted octanol–water partition coefficient (Wildman–Crippen LogP) is 0.725. The maximum absolute atomic E-state index is 8.71. The van der Waals surface area contributed by atoms with Gasteiger partial charge < -0.3 is 10.1 Å². The first-order valence-electron chi connectivity index (χ1n) is 5.40. The number of piperidine rings is 1. The summed E-state index contributed by atoms with van der Waals surface area (Å²) in [6.07, 6.45) is 2.72. The third-order valence-electron chi connectivity index (χ3n) is 2.76. The largest absolute Gasteiger partial charge is 0.458 e. The number of hydrogen-bond donors (Lipinski definition) is 1. The molecule has 84 valence electrons. The molecule has 5 heteroatoms. The lowest BCUT2D eigenvalue weighted by atomic mass is 9.97. The van der Waals surface area contributed by atoms with Gasteiger partial charge in [-0.05, 0) is 24.9 Å². The molecular formula is C11H14N4O. The Morgan fingerprint density at radius 1 is 1.62 bits per heavy atom. The van der Waals surface area contributed by atoms with Crippen molar-refractivity contribution in [3.8, 4) is 12.1 Å². The molecule has 0 saturated carbocycles. The van der Waals surface area contributed by atoms with E-state index in [4.69, 9.17) is 10.00 Å². The van der Waals surface area contributed by atoms with Crippen molar-refractivity contribution in [2.75, 3.05) is 13.1 Å². The lowest BCUT2D eigenvalue weighted by Gasteiger charge is -2.28. The summed E-state index contributed by atoms with van der Waals surface area (Å²) in [5.74, 6) is 0.482. The smallest absolute Gasteiger partial charge is 0.317 e. The SMILES string of the molecule is CC1CCNCC1Oc1nccc(C#N)n1. The first-order valence-corrected chi connectivity index (χ1v) is 5.40. The van der Waals surface area contributed by atoms with Crippen molar-refractivity contribution in [3.63, 3.8) is 0 Å². The molecule has 5 nitrogen and oxygen atoms in total. The van der Waals surface area contributed by atoms with Gasteiger partial charge in [0.05, 0.1) is 0 Å². The number of ether oxygens (including phenoxy) is 1. The van der Waals surface area contributed by atoms with Gasteiger partial charge >= 0.3 is 6.01 Å². The van der Waals surface area contributed by atoms with Crippen molar-refractivity contribution in [1.82, 2.24) is 15.3 Å². The fourth-order valence-corrected chi connectivity index (χ4v) is 1.71. The Labute approximate surface area is 94.5 Å². The molecule has 1 aromatic heterocycles. The van der Waals surface area contributed by atoms with Crippen LogP contribution in [0.2, 0.25) is 0 Å². The van der Waals surface area contributed by atoms with Crippen LogP contribution in [-0.2, 0) is 0 Å². The second-order valence-electron chi connectivity index (χ2n) is 3.96. The highest BCUT2D eigenvalue weighted by Gasteiger charge is 2.23. The van der Waals surface area contributed by atoms with Crippen LogP contribution in [-0.4, -0.2) is 29.2 Å². The van der Waals surface area contributed by atoms with Gasteiger partial charge in [0, 0.05) is 12.7 Å². The molecule has 1 N–H and O–H groups in total. The van der Waals surface area contributed by atoms with Crippen molar-refractivity contribution in [1.29, 1.82) is 5.26 Å². The molecule has 2 unspecified atom stereocenters. The fourth-order valence-electron chi connectivity index (χ4n) is 1.71. The van der Waals surface area contributed by atoms with Crippen LogP contribution < -0.4 is 10.1 Å². The van der Waals surface area contributed by atoms with Crippen molar-refractivity contribution in [3.05, 3.63) is 18.0 Å².